The van der Waals surface area contributed by atoms with Gasteiger partial charge in [-0.1, -0.05) is 15.9 Å². The van der Waals surface area contributed by atoms with Gasteiger partial charge in [0.05, 0.1) is 0 Å². The standard InChI is InChI=1S/C8H4BrIS2/c9-4-1-5-6(10)3-12-8(5)7(11)2-4/h1-3,11H. The van der Waals surface area contributed by atoms with Crippen LogP contribution >= 0.6 is 62.5 Å². The molecule has 0 radical (unpaired) electrons. The van der Waals surface area contributed by atoms with E-state index in [2.05, 4.69) is 62.6 Å². The van der Waals surface area contributed by atoms with Crippen LogP contribution in [0.2, 0.25) is 0 Å². The monoisotopic (exact) mass is 370 g/mol. The lowest BCUT2D eigenvalue weighted by molar-refractivity contribution is 1.56. The number of hydrogen-bond acceptors (Lipinski definition) is 2. The molecule has 1 aromatic heterocycles. The first-order chi connectivity index (χ1) is 5.68. The SMILES string of the molecule is Sc1cc(Br)cc2c(I)csc12. The number of halogens is 2. The van der Waals surface area contributed by atoms with E-state index in [1.54, 1.807) is 11.3 Å². The number of thiophene rings is 1. The molecule has 0 bridgehead atoms. The van der Waals surface area contributed by atoms with Crippen molar-refractivity contribution in [2.75, 3.05) is 0 Å². The molecule has 0 spiro atoms. The summed E-state index contributed by atoms with van der Waals surface area (Å²) >= 11 is 12.0. The summed E-state index contributed by atoms with van der Waals surface area (Å²) in [7, 11) is 0. The van der Waals surface area contributed by atoms with Gasteiger partial charge in [0.25, 0.3) is 0 Å². The summed E-state index contributed by atoms with van der Waals surface area (Å²) in [5.74, 6) is 0. The van der Waals surface area contributed by atoms with Crippen LogP contribution < -0.4 is 0 Å². The van der Waals surface area contributed by atoms with Gasteiger partial charge in [-0.15, -0.1) is 24.0 Å². The molecule has 4 heteroatoms. The molecule has 0 aliphatic rings. The van der Waals surface area contributed by atoms with Gasteiger partial charge in [-0.2, -0.15) is 0 Å². The summed E-state index contributed by atoms with van der Waals surface area (Å²) in [5.41, 5.74) is 0. The van der Waals surface area contributed by atoms with E-state index in [-0.39, 0.29) is 0 Å². The van der Waals surface area contributed by atoms with Crippen molar-refractivity contribution in [2.45, 2.75) is 4.90 Å². The van der Waals surface area contributed by atoms with Crippen LogP contribution in [0, 0.1) is 3.57 Å². The number of thiol groups is 1. The summed E-state index contributed by atoms with van der Waals surface area (Å²) in [4.78, 5) is 1.05. The van der Waals surface area contributed by atoms with Gasteiger partial charge in [0.1, 0.15) is 0 Å². The molecular weight excluding hydrogens is 367 g/mol. The first kappa shape index (κ1) is 9.30. The van der Waals surface area contributed by atoms with Crippen LogP contribution in [0.1, 0.15) is 0 Å². The fraction of sp³-hybridized carbons (Fsp3) is 0. The number of fused-ring (bicyclic) bond motifs is 1. The van der Waals surface area contributed by atoms with Gasteiger partial charge >= 0.3 is 0 Å². The Hall–Kier alpha value is 0.740. The van der Waals surface area contributed by atoms with Crippen molar-refractivity contribution in [2.24, 2.45) is 0 Å². The van der Waals surface area contributed by atoms with Crippen molar-refractivity contribution < 1.29 is 0 Å². The average molecular weight is 371 g/mol. The zero-order valence-corrected chi connectivity index (χ0v) is 11.3. The molecule has 0 nitrogen and oxygen atoms in total. The highest BCUT2D eigenvalue weighted by Crippen LogP contribution is 2.34. The van der Waals surface area contributed by atoms with E-state index < -0.39 is 0 Å². The molecule has 1 heterocycles. The fourth-order valence-electron chi connectivity index (χ4n) is 1.05. The quantitative estimate of drug-likeness (QED) is 0.510. The van der Waals surface area contributed by atoms with Crippen LogP contribution in [-0.2, 0) is 0 Å². The highest BCUT2D eigenvalue weighted by atomic mass is 127. The maximum absolute atomic E-state index is 4.41. The second-order valence-corrected chi connectivity index (χ2v) is 5.82. The van der Waals surface area contributed by atoms with E-state index in [9.17, 15) is 0 Å². The van der Waals surface area contributed by atoms with Gasteiger partial charge < -0.3 is 0 Å². The van der Waals surface area contributed by atoms with E-state index in [1.807, 2.05) is 6.07 Å². The van der Waals surface area contributed by atoms with E-state index >= 15 is 0 Å². The average Bonchev–Trinajstić information content (AvgIpc) is 2.33. The van der Waals surface area contributed by atoms with Crippen LogP contribution in [0.3, 0.4) is 0 Å². The third kappa shape index (κ3) is 1.54. The number of benzene rings is 1. The van der Waals surface area contributed by atoms with Crippen molar-refractivity contribution in [1.82, 2.24) is 0 Å². The van der Waals surface area contributed by atoms with Crippen molar-refractivity contribution >= 4 is 72.6 Å². The summed E-state index contributed by atoms with van der Waals surface area (Å²) in [6.07, 6.45) is 0. The number of rotatable bonds is 0. The van der Waals surface area contributed by atoms with Crippen LogP contribution in [0.5, 0.6) is 0 Å². The van der Waals surface area contributed by atoms with Crippen molar-refractivity contribution in [3.63, 3.8) is 0 Å². The van der Waals surface area contributed by atoms with Crippen LogP contribution in [0.25, 0.3) is 10.1 Å². The molecule has 0 amide bonds. The summed E-state index contributed by atoms with van der Waals surface area (Å²) < 4.78 is 3.66. The Labute approximate surface area is 102 Å². The molecule has 0 saturated heterocycles. The second-order valence-electron chi connectivity index (χ2n) is 2.39. The Morgan fingerprint density at radius 1 is 1.42 bits per heavy atom. The highest BCUT2D eigenvalue weighted by Gasteiger charge is 2.04. The van der Waals surface area contributed by atoms with Gasteiger partial charge in [-0.05, 0) is 34.7 Å². The topological polar surface area (TPSA) is 0 Å². The van der Waals surface area contributed by atoms with Gasteiger partial charge in [0.2, 0.25) is 0 Å². The molecule has 0 unspecified atom stereocenters. The van der Waals surface area contributed by atoms with Gasteiger partial charge in [-0.25, -0.2) is 0 Å². The molecule has 2 aromatic rings. The minimum absolute atomic E-state index is 1.05. The Morgan fingerprint density at radius 2 is 2.17 bits per heavy atom. The van der Waals surface area contributed by atoms with Crippen molar-refractivity contribution in [3.05, 3.63) is 25.6 Å². The maximum Gasteiger partial charge on any atom is 0.0487 e. The molecular formula is C8H4BrIS2. The molecule has 0 fully saturated rings. The lowest BCUT2D eigenvalue weighted by atomic mass is 10.3. The van der Waals surface area contributed by atoms with E-state index in [1.165, 1.54) is 13.7 Å². The Kier molecular flexibility index (Phi) is 2.69. The molecule has 62 valence electrons. The van der Waals surface area contributed by atoms with Gasteiger partial charge in [-0.3, -0.25) is 0 Å². The van der Waals surface area contributed by atoms with Gasteiger partial charge in [0.15, 0.2) is 0 Å². The molecule has 1 aromatic carbocycles. The first-order valence-electron chi connectivity index (χ1n) is 3.23. The Morgan fingerprint density at radius 3 is 2.92 bits per heavy atom. The Bertz CT molecular complexity index is 436. The third-order valence-corrected chi connectivity index (χ3v) is 4.88. The third-order valence-electron chi connectivity index (χ3n) is 1.57. The van der Waals surface area contributed by atoms with Crippen LogP contribution in [0.4, 0.5) is 0 Å². The minimum Gasteiger partial charge on any atom is -0.142 e. The summed E-state index contributed by atoms with van der Waals surface area (Å²) in [5, 5.41) is 3.44. The van der Waals surface area contributed by atoms with E-state index in [0.29, 0.717) is 0 Å². The predicted molar refractivity (Wildman–Crippen MR) is 69.5 cm³/mol. The summed E-state index contributed by atoms with van der Waals surface area (Å²) in [6.45, 7) is 0. The Balaban J connectivity index is 2.92. The molecule has 0 saturated carbocycles. The lowest BCUT2D eigenvalue weighted by Crippen LogP contribution is -1.70. The van der Waals surface area contributed by atoms with Crippen molar-refractivity contribution in [3.8, 4) is 0 Å². The number of hydrogen-bond donors (Lipinski definition) is 1. The van der Waals surface area contributed by atoms with Crippen molar-refractivity contribution in [1.29, 1.82) is 0 Å². The van der Waals surface area contributed by atoms with Gasteiger partial charge in [0, 0.05) is 28.4 Å². The molecule has 0 aliphatic heterocycles. The molecule has 0 atom stereocenters. The zero-order valence-electron chi connectivity index (χ0n) is 5.84. The minimum atomic E-state index is 1.05. The molecule has 12 heavy (non-hydrogen) atoms. The molecule has 0 aliphatic carbocycles. The zero-order chi connectivity index (χ0) is 8.72. The molecule has 0 N–H and O–H groups in total. The first-order valence-corrected chi connectivity index (χ1v) is 6.43. The maximum atomic E-state index is 4.41. The van der Waals surface area contributed by atoms with E-state index in [4.69, 9.17) is 0 Å². The highest BCUT2D eigenvalue weighted by molar-refractivity contribution is 14.1. The fourth-order valence-corrected chi connectivity index (χ4v) is 3.92. The van der Waals surface area contributed by atoms with E-state index in [0.717, 1.165) is 9.37 Å². The largest absolute Gasteiger partial charge is 0.142 e. The lowest BCUT2D eigenvalue weighted by Gasteiger charge is -1.96. The molecule has 2 rings (SSSR count). The van der Waals surface area contributed by atoms with Crippen LogP contribution in [0.15, 0.2) is 26.9 Å². The predicted octanol–water partition coefficient (Wildman–Crippen LogP) is 4.56. The second kappa shape index (κ2) is 3.48. The summed E-state index contributed by atoms with van der Waals surface area (Å²) in [6, 6.07) is 4.16. The normalized spacial score (nSPS) is 10.9. The smallest absolute Gasteiger partial charge is 0.0487 e. The van der Waals surface area contributed by atoms with Crippen LogP contribution in [-0.4, -0.2) is 0 Å².